The van der Waals surface area contributed by atoms with Crippen LogP contribution in [-0.4, -0.2) is 35.4 Å². The highest BCUT2D eigenvalue weighted by Crippen LogP contribution is 2.19. The summed E-state index contributed by atoms with van der Waals surface area (Å²) < 4.78 is 0. The van der Waals surface area contributed by atoms with Gasteiger partial charge < -0.3 is 10.6 Å². The van der Waals surface area contributed by atoms with Crippen LogP contribution in [0.5, 0.6) is 0 Å². The van der Waals surface area contributed by atoms with Crippen LogP contribution in [0.3, 0.4) is 0 Å². The second-order valence-electron chi connectivity index (χ2n) is 3.73. The van der Waals surface area contributed by atoms with Gasteiger partial charge in [0, 0.05) is 24.0 Å². The largest absolute Gasteiger partial charge is 0.352 e. The van der Waals surface area contributed by atoms with Crippen LogP contribution in [0.1, 0.15) is 19.3 Å². The second kappa shape index (κ2) is 4.21. The number of amides is 2. The Hall–Kier alpha value is -0.710. The zero-order valence-corrected chi connectivity index (χ0v) is 8.73. The average Bonchev–Trinajstić information content (AvgIpc) is 2.93. The lowest BCUT2D eigenvalue weighted by Crippen LogP contribution is -2.47. The molecule has 0 aromatic carbocycles. The van der Waals surface area contributed by atoms with Crippen molar-refractivity contribution in [3.63, 3.8) is 0 Å². The minimum absolute atomic E-state index is 0.00838. The molecule has 5 heteroatoms. The maximum atomic E-state index is 11.6. The highest BCUT2D eigenvalue weighted by Gasteiger charge is 2.29. The van der Waals surface area contributed by atoms with Gasteiger partial charge in [-0.25, -0.2) is 0 Å². The number of hydrogen-bond acceptors (Lipinski definition) is 3. The zero-order valence-electron chi connectivity index (χ0n) is 7.91. The molecule has 2 N–H and O–H groups in total. The lowest BCUT2D eigenvalue weighted by molar-refractivity contribution is -0.128. The molecule has 1 saturated heterocycles. The number of rotatable bonds is 2. The summed E-state index contributed by atoms with van der Waals surface area (Å²) in [7, 11) is 0. The summed E-state index contributed by atoms with van der Waals surface area (Å²) in [6.45, 7) is 0. The van der Waals surface area contributed by atoms with Crippen molar-refractivity contribution in [1.29, 1.82) is 0 Å². The van der Waals surface area contributed by atoms with Crippen molar-refractivity contribution in [1.82, 2.24) is 10.6 Å². The molecule has 1 aliphatic heterocycles. The molecule has 0 aromatic rings. The van der Waals surface area contributed by atoms with Gasteiger partial charge in [0.2, 0.25) is 11.8 Å². The van der Waals surface area contributed by atoms with Crippen LogP contribution in [0, 0.1) is 0 Å². The van der Waals surface area contributed by atoms with E-state index in [4.69, 9.17) is 0 Å². The van der Waals surface area contributed by atoms with E-state index in [0.29, 0.717) is 18.2 Å². The topological polar surface area (TPSA) is 58.2 Å². The predicted molar refractivity (Wildman–Crippen MR) is 55.0 cm³/mol. The maximum absolute atomic E-state index is 11.6. The molecule has 14 heavy (non-hydrogen) atoms. The number of hydrogen-bond donors (Lipinski definition) is 2. The summed E-state index contributed by atoms with van der Waals surface area (Å²) >= 11 is 1.66. The molecule has 1 heterocycles. The summed E-state index contributed by atoms with van der Waals surface area (Å²) in [6.07, 6.45) is 2.69. The minimum atomic E-state index is -0.324. The van der Waals surface area contributed by atoms with Crippen molar-refractivity contribution in [2.24, 2.45) is 0 Å². The van der Waals surface area contributed by atoms with Crippen molar-refractivity contribution in [3.05, 3.63) is 0 Å². The van der Waals surface area contributed by atoms with Gasteiger partial charge in [0.05, 0.1) is 0 Å². The highest BCUT2D eigenvalue weighted by molar-refractivity contribution is 7.99. The van der Waals surface area contributed by atoms with Crippen LogP contribution in [-0.2, 0) is 9.59 Å². The lowest BCUT2D eigenvalue weighted by Gasteiger charge is -2.14. The zero-order chi connectivity index (χ0) is 9.97. The molecule has 2 amide bonds. The SMILES string of the molecule is O=C1CCSCC(C(=O)NC2CC2)N1. The van der Waals surface area contributed by atoms with Crippen LogP contribution in [0.2, 0.25) is 0 Å². The standard InChI is InChI=1S/C9H14N2O2S/c12-8-3-4-14-5-7(11-8)9(13)10-6-1-2-6/h6-7H,1-5H2,(H,10,13)(H,11,12). The number of carbonyl (C=O) groups excluding carboxylic acids is 2. The molecule has 2 rings (SSSR count). The summed E-state index contributed by atoms with van der Waals surface area (Å²) in [6, 6.07) is 0.0447. The fourth-order valence-electron chi connectivity index (χ4n) is 1.34. The van der Waals surface area contributed by atoms with Gasteiger partial charge in [-0.15, -0.1) is 0 Å². The Morgan fingerprint density at radius 1 is 1.50 bits per heavy atom. The van der Waals surface area contributed by atoms with E-state index in [1.807, 2.05) is 0 Å². The van der Waals surface area contributed by atoms with E-state index in [-0.39, 0.29) is 17.9 Å². The van der Waals surface area contributed by atoms with Crippen LogP contribution in [0.4, 0.5) is 0 Å². The first-order valence-electron chi connectivity index (χ1n) is 4.93. The summed E-state index contributed by atoms with van der Waals surface area (Å²) in [5.41, 5.74) is 0. The van der Waals surface area contributed by atoms with Crippen molar-refractivity contribution >= 4 is 23.6 Å². The molecule has 0 bridgehead atoms. The lowest BCUT2D eigenvalue weighted by atomic mass is 10.3. The maximum Gasteiger partial charge on any atom is 0.243 e. The Kier molecular flexibility index (Phi) is 2.96. The summed E-state index contributed by atoms with van der Waals surface area (Å²) in [5.74, 6) is 1.49. The average molecular weight is 214 g/mol. The minimum Gasteiger partial charge on any atom is -0.352 e. The van der Waals surface area contributed by atoms with Gasteiger partial charge >= 0.3 is 0 Å². The second-order valence-corrected chi connectivity index (χ2v) is 4.88. The fraction of sp³-hybridized carbons (Fsp3) is 0.778. The Morgan fingerprint density at radius 3 is 3.00 bits per heavy atom. The number of nitrogens with one attached hydrogen (secondary N) is 2. The quantitative estimate of drug-likeness (QED) is 0.674. The Bertz CT molecular complexity index is 253. The first-order valence-corrected chi connectivity index (χ1v) is 6.08. The predicted octanol–water partition coefficient (Wildman–Crippen LogP) is -0.113. The first-order chi connectivity index (χ1) is 6.75. The molecule has 2 aliphatic rings. The summed E-state index contributed by atoms with van der Waals surface area (Å²) in [4.78, 5) is 22.8. The molecule has 0 radical (unpaired) electrons. The Balaban J connectivity index is 1.86. The summed E-state index contributed by atoms with van der Waals surface area (Å²) in [5, 5.41) is 5.64. The van der Waals surface area contributed by atoms with E-state index in [1.165, 1.54) is 0 Å². The first kappa shape index (κ1) is 9.83. The van der Waals surface area contributed by atoms with Gasteiger partial charge in [0.15, 0.2) is 0 Å². The Labute approximate surface area is 87.2 Å². The van der Waals surface area contributed by atoms with Crippen LogP contribution >= 0.6 is 11.8 Å². The van der Waals surface area contributed by atoms with E-state index in [1.54, 1.807) is 11.8 Å². The van der Waals surface area contributed by atoms with Gasteiger partial charge in [-0.2, -0.15) is 11.8 Å². The molecule has 1 aliphatic carbocycles. The van der Waals surface area contributed by atoms with E-state index >= 15 is 0 Å². The fourth-order valence-corrected chi connectivity index (χ4v) is 2.31. The van der Waals surface area contributed by atoms with E-state index in [2.05, 4.69) is 10.6 Å². The third kappa shape index (κ3) is 2.64. The van der Waals surface area contributed by atoms with Gasteiger partial charge in [-0.3, -0.25) is 9.59 Å². The molecule has 78 valence electrons. The molecule has 1 atom stereocenters. The molecule has 0 aromatic heterocycles. The van der Waals surface area contributed by atoms with Gasteiger partial charge in [0.25, 0.3) is 0 Å². The van der Waals surface area contributed by atoms with E-state index in [0.717, 1.165) is 18.6 Å². The molecule has 2 fully saturated rings. The third-order valence-corrected chi connectivity index (χ3v) is 3.40. The van der Waals surface area contributed by atoms with E-state index < -0.39 is 0 Å². The smallest absolute Gasteiger partial charge is 0.243 e. The van der Waals surface area contributed by atoms with Gasteiger partial charge in [-0.1, -0.05) is 0 Å². The van der Waals surface area contributed by atoms with Crippen molar-refractivity contribution < 1.29 is 9.59 Å². The van der Waals surface area contributed by atoms with E-state index in [9.17, 15) is 9.59 Å². The molecule has 0 spiro atoms. The number of carbonyl (C=O) groups is 2. The van der Waals surface area contributed by atoms with Crippen LogP contribution in [0.25, 0.3) is 0 Å². The molecule has 1 unspecified atom stereocenters. The molecular formula is C9H14N2O2S. The van der Waals surface area contributed by atoms with Crippen molar-refractivity contribution in [2.45, 2.75) is 31.3 Å². The molecular weight excluding hydrogens is 200 g/mol. The Morgan fingerprint density at radius 2 is 2.29 bits per heavy atom. The van der Waals surface area contributed by atoms with Crippen molar-refractivity contribution in [3.8, 4) is 0 Å². The van der Waals surface area contributed by atoms with Gasteiger partial charge in [-0.05, 0) is 12.8 Å². The third-order valence-electron chi connectivity index (χ3n) is 2.33. The monoisotopic (exact) mass is 214 g/mol. The van der Waals surface area contributed by atoms with Crippen molar-refractivity contribution in [2.75, 3.05) is 11.5 Å². The van der Waals surface area contributed by atoms with Gasteiger partial charge in [0.1, 0.15) is 6.04 Å². The molecule has 4 nitrogen and oxygen atoms in total. The molecule has 1 saturated carbocycles. The van der Waals surface area contributed by atoms with Crippen LogP contribution in [0.15, 0.2) is 0 Å². The van der Waals surface area contributed by atoms with Crippen LogP contribution < -0.4 is 10.6 Å². The normalized spacial score (nSPS) is 27.7. The highest BCUT2D eigenvalue weighted by atomic mass is 32.2. The number of thioether (sulfide) groups is 1.